The van der Waals surface area contributed by atoms with Crippen LogP contribution in [0.25, 0.3) is 11.0 Å². The molecule has 7 nitrogen and oxygen atoms in total. The standard InChI is InChI=1S/C22H25Cl2N5O2/c1-12(2)19-9-15(16-10-25-29(13(3)4)21(16)27-19)22(31)28(5)11-20(30)26-14-6-7-17(23)18(24)8-14/h6-10,12-13H,11H2,1-5H3,(H,26,30). The first-order chi connectivity index (χ1) is 14.6. The Hall–Kier alpha value is -2.64. The molecule has 0 radical (unpaired) electrons. The maximum Gasteiger partial charge on any atom is 0.254 e. The molecule has 2 amide bonds. The molecular formula is C22H25Cl2N5O2. The van der Waals surface area contributed by atoms with E-state index in [1.165, 1.54) is 4.90 Å². The Labute approximate surface area is 191 Å². The van der Waals surface area contributed by atoms with Crippen LogP contribution in [0.4, 0.5) is 5.69 Å². The van der Waals surface area contributed by atoms with Crippen molar-refractivity contribution in [3.05, 3.63) is 51.8 Å². The van der Waals surface area contributed by atoms with Crippen molar-refractivity contribution in [2.75, 3.05) is 18.9 Å². The average molecular weight is 462 g/mol. The Bertz CT molecular complexity index is 1140. The van der Waals surface area contributed by atoms with Gasteiger partial charge in [-0.15, -0.1) is 0 Å². The van der Waals surface area contributed by atoms with Crippen molar-refractivity contribution < 1.29 is 9.59 Å². The number of likely N-dealkylation sites (N-methyl/N-ethyl adjacent to an activating group) is 1. The maximum atomic E-state index is 13.2. The fourth-order valence-electron chi connectivity index (χ4n) is 3.16. The Morgan fingerprint density at radius 3 is 2.45 bits per heavy atom. The zero-order valence-electron chi connectivity index (χ0n) is 18.1. The number of fused-ring (bicyclic) bond motifs is 1. The highest BCUT2D eigenvalue weighted by Crippen LogP contribution is 2.26. The van der Waals surface area contributed by atoms with E-state index in [1.807, 2.05) is 27.7 Å². The van der Waals surface area contributed by atoms with Crippen LogP contribution in [0.3, 0.4) is 0 Å². The normalized spacial score (nSPS) is 11.4. The number of hydrogen-bond acceptors (Lipinski definition) is 4. The number of nitrogens with one attached hydrogen (secondary N) is 1. The molecule has 3 rings (SSSR count). The number of halogens is 2. The molecule has 0 atom stereocenters. The fourth-order valence-corrected chi connectivity index (χ4v) is 3.45. The van der Waals surface area contributed by atoms with Crippen LogP contribution in [0.5, 0.6) is 0 Å². The first-order valence-corrected chi connectivity index (χ1v) is 10.7. The lowest BCUT2D eigenvalue weighted by Gasteiger charge is -2.19. The molecule has 0 aliphatic rings. The van der Waals surface area contributed by atoms with E-state index in [1.54, 1.807) is 42.2 Å². The molecule has 0 fully saturated rings. The van der Waals surface area contributed by atoms with Gasteiger partial charge in [0, 0.05) is 24.5 Å². The van der Waals surface area contributed by atoms with Gasteiger partial charge in [-0.05, 0) is 44.0 Å². The second-order valence-corrected chi connectivity index (χ2v) is 8.82. The van der Waals surface area contributed by atoms with E-state index in [9.17, 15) is 9.59 Å². The lowest BCUT2D eigenvalue weighted by molar-refractivity contribution is -0.116. The predicted molar refractivity (Wildman–Crippen MR) is 124 cm³/mol. The number of carbonyl (C=O) groups is 2. The first-order valence-electron chi connectivity index (χ1n) is 9.97. The zero-order valence-corrected chi connectivity index (χ0v) is 19.6. The van der Waals surface area contributed by atoms with Crippen molar-refractivity contribution in [3.63, 3.8) is 0 Å². The Kier molecular flexibility index (Phi) is 6.86. The van der Waals surface area contributed by atoms with Crippen molar-refractivity contribution in [1.29, 1.82) is 0 Å². The molecule has 0 saturated heterocycles. The summed E-state index contributed by atoms with van der Waals surface area (Å²) < 4.78 is 1.80. The molecule has 1 aromatic carbocycles. The van der Waals surface area contributed by atoms with Gasteiger partial charge >= 0.3 is 0 Å². The molecule has 0 unspecified atom stereocenters. The summed E-state index contributed by atoms with van der Waals surface area (Å²) in [5.41, 5.74) is 2.45. The molecule has 3 aromatic rings. The lowest BCUT2D eigenvalue weighted by atomic mass is 10.0. The Morgan fingerprint density at radius 2 is 1.84 bits per heavy atom. The summed E-state index contributed by atoms with van der Waals surface area (Å²) in [4.78, 5) is 31.8. The smallest absolute Gasteiger partial charge is 0.254 e. The van der Waals surface area contributed by atoms with Crippen molar-refractivity contribution in [1.82, 2.24) is 19.7 Å². The number of carbonyl (C=O) groups excluding carboxylic acids is 2. The minimum Gasteiger partial charge on any atom is -0.332 e. The number of rotatable bonds is 6. The van der Waals surface area contributed by atoms with Gasteiger partial charge in [-0.25, -0.2) is 9.67 Å². The van der Waals surface area contributed by atoms with Crippen molar-refractivity contribution in [2.45, 2.75) is 39.7 Å². The summed E-state index contributed by atoms with van der Waals surface area (Å²) >= 11 is 11.9. The van der Waals surface area contributed by atoms with Crippen molar-refractivity contribution in [3.8, 4) is 0 Å². The van der Waals surface area contributed by atoms with Crippen LogP contribution in [0, 0.1) is 0 Å². The quantitative estimate of drug-likeness (QED) is 0.549. The number of aromatic nitrogens is 3. The van der Waals surface area contributed by atoms with Crippen LogP contribution in [0.1, 0.15) is 55.7 Å². The van der Waals surface area contributed by atoms with Crippen LogP contribution >= 0.6 is 23.2 Å². The third kappa shape index (κ3) is 4.99. The van der Waals surface area contributed by atoms with E-state index >= 15 is 0 Å². The van der Waals surface area contributed by atoms with Gasteiger partial charge in [-0.3, -0.25) is 9.59 Å². The van der Waals surface area contributed by atoms with Gasteiger partial charge in [0.2, 0.25) is 5.91 Å². The van der Waals surface area contributed by atoms with Gasteiger partial charge in [-0.2, -0.15) is 5.10 Å². The van der Waals surface area contributed by atoms with Crippen LogP contribution in [0.2, 0.25) is 10.0 Å². The molecule has 2 heterocycles. The molecule has 31 heavy (non-hydrogen) atoms. The average Bonchev–Trinajstić information content (AvgIpc) is 3.13. The van der Waals surface area contributed by atoms with Gasteiger partial charge < -0.3 is 10.2 Å². The van der Waals surface area contributed by atoms with Gasteiger partial charge in [-0.1, -0.05) is 37.0 Å². The molecule has 0 aliphatic carbocycles. The number of benzene rings is 1. The van der Waals surface area contributed by atoms with Crippen molar-refractivity contribution >= 4 is 51.7 Å². The summed E-state index contributed by atoms with van der Waals surface area (Å²) in [6, 6.07) is 6.70. The highest BCUT2D eigenvalue weighted by Gasteiger charge is 2.22. The van der Waals surface area contributed by atoms with E-state index in [-0.39, 0.29) is 30.3 Å². The summed E-state index contributed by atoms with van der Waals surface area (Å²) in [5, 5.41) is 8.54. The minimum atomic E-state index is -0.346. The van der Waals surface area contributed by atoms with Crippen molar-refractivity contribution in [2.24, 2.45) is 0 Å². The van der Waals surface area contributed by atoms with Crippen LogP contribution in [0.15, 0.2) is 30.5 Å². The maximum absolute atomic E-state index is 13.2. The largest absolute Gasteiger partial charge is 0.332 e. The highest BCUT2D eigenvalue weighted by molar-refractivity contribution is 6.42. The molecule has 2 aromatic heterocycles. The lowest BCUT2D eigenvalue weighted by Crippen LogP contribution is -2.35. The summed E-state index contributed by atoms with van der Waals surface area (Å²) in [5.74, 6) is -0.488. The number of amides is 2. The molecule has 0 spiro atoms. The Balaban J connectivity index is 1.85. The second kappa shape index (κ2) is 9.24. The van der Waals surface area contributed by atoms with E-state index < -0.39 is 0 Å². The molecule has 0 saturated carbocycles. The minimum absolute atomic E-state index is 0.102. The van der Waals surface area contributed by atoms with Crippen LogP contribution in [-0.2, 0) is 4.79 Å². The van der Waals surface area contributed by atoms with E-state index in [0.29, 0.717) is 32.3 Å². The van der Waals surface area contributed by atoms with E-state index in [0.717, 1.165) is 5.69 Å². The van der Waals surface area contributed by atoms with Gasteiger partial charge in [0.15, 0.2) is 5.65 Å². The number of anilines is 1. The summed E-state index contributed by atoms with van der Waals surface area (Å²) in [6.07, 6.45) is 1.66. The summed E-state index contributed by atoms with van der Waals surface area (Å²) in [6.45, 7) is 7.94. The van der Waals surface area contributed by atoms with Crippen LogP contribution < -0.4 is 5.32 Å². The molecule has 0 bridgehead atoms. The first kappa shape index (κ1) is 23.0. The number of nitrogens with zero attached hydrogens (tertiary/aromatic N) is 4. The molecule has 1 N–H and O–H groups in total. The monoisotopic (exact) mass is 461 g/mol. The third-order valence-electron chi connectivity index (χ3n) is 4.83. The highest BCUT2D eigenvalue weighted by atomic mass is 35.5. The van der Waals surface area contributed by atoms with E-state index in [4.69, 9.17) is 28.2 Å². The van der Waals surface area contributed by atoms with Gasteiger partial charge in [0.25, 0.3) is 5.91 Å². The SMILES string of the molecule is CC(C)c1cc(C(=O)N(C)CC(=O)Nc2ccc(Cl)c(Cl)c2)c2cnn(C(C)C)c2n1. The summed E-state index contributed by atoms with van der Waals surface area (Å²) in [7, 11) is 1.59. The molecular weight excluding hydrogens is 437 g/mol. The van der Waals surface area contributed by atoms with E-state index in [2.05, 4.69) is 10.4 Å². The molecule has 164 valence electrons. The topological polar surface area (TPSA) is 80.1 Å². The zero-order chi connectivity index (χ0) is 22.9. The second-order valence-electron chi connectivity index (χ2n) is 8.01. The predicted octanol–water partition coefficient (Wildman–Crippen LogP) is 5.15. The third-order valence-corrected chi connectivity index (χ3v) is 5.57. The van der Waals surface area contributed by atoms with Gasteiger partial charge in [0.1, 0.15) is 0 Å². The molecule has 9 heteroatoms. The molecule has 0 aliphatic heterocycles. The van der Waals surface area contributed by atoms with Gasteiger partial charge in [0.05, 0.1) is 33.7 Å². The Morgan fingerprint density at radius 1 is 1.13 bits per heavy atom. The number of hydrogen-bond donors (Lipinski definition) is 1. The van der Waals surface area contributed by atoms with Crippen LogP contribution in [-0.4, -0.2) is 45.1 Å². The fraction of sp³-hybridized carbons (Fsp3) is 0.364. The number of pyridine rings is 1.